The predicted octanol–water partition coefficient (Wildman–Crippen LogP) is 3.38. The second-order valence-electron chi connectivity index (χ2n) is 4.59. The molecule has 96 valence electrons. The number of likely N-dealkylation sites (N-methyl/N-ethyl adjacent to an activating group) is 1. The van der Waals surface area contributed by atoms with E-state index in [9.17, 15) is 0 Å². The molecule has 0 aliphatic rings. The molecule has 0 aliphatic heterocycles. The lowest BCUT2D eigenvalue weighted by Crippen LogP contribution is -2.31. The Bertz CT molecular complexity index is 352. The van der Waals surface area contributed by atoms with Gasteiger partial charge in [-0.25, -0.2) is 0 Å². The third-order valence-electron chi connectivity index (χ3n) is 3.21. The number of aryl methyl sites for hydroxylation is 1. The van der Waals surface area contributed by atoms with Crippen LogP contribution in [0.3, 0.4) is 0 Å². The van der Waals surface area contributed by atoms with Crippen LogP contribution in [0.4, 0.5) is 0 Å². The molecule has 1 atom stereocenters. The van der Waals surface area contributed by atoms with Crippen molar-refractivity contribution in [3.8, 4) is 0 Å². The van der Waals surface area contributed by atoms with Crippen LogP contribution < -0.4 is 5.73 Å². The molecule has 0 heterocycles. The molecule has 3 heteroatoms. The molecule has 0 aliphatic carbocycles. The molecule has 0 fully saturated rings. The lowest BCUT2D eigenvalue weighted by Gasteiger charge is -2.28. The number of rotatable bonds is 6. The maximum absolute atomic E-state index is 5.98. The quantitative estimate of drug-likeness (QED) is 0.843. The third-order valence-corrected chi connectivity index (χ3v) is 3.45. The minimum atomic E-state index is 0.291. The lowest BCUT2D eigenvalue weighted by atomic mass is 10.00. The van der Waals surface area contributed by atoms with Gasteiger partial charge in [0.15, 0.2) is 0 Å². The molecular weight excluding hydrogens is 232 g/mol. The summed E-state index contributed by atoms with van der Waals surface area (Å²) < 4.78 is 0. The summed E-state index contributed by atoms with van der Waals surface area (Å²) in [5.41, 5.74) is 8.42. The fourth-order valence-electron chi connectivity index (χ4n) is 2.12. The fourth-order valence-corrected chi connectivity index (χ4v) is 2.35. The first-order valence-corrected chi connectivity index (χ1v) is 6.64. The summed E-state index contributed by atoms with van der Waals surface area (Å²) in [5.74, 6) is 0. The van der Waals surface area contributed by atoms with Crippen LogP contribution in [0.1, 0.15) is 36.9 Å². The maximum Gasteiger partial charge on any atom is 0.0470 e. The van der Waals surface area contributed by atoms with Crippen molar-refractivity contribution in [2.75, 3.05) is 20.1 Å². The van der Waals surface area contributed by atoms with Crippen molar-refractivity contribution < 1.29 is 0 Å². The summed E-state index contributed by atoms with van der Waals surface area (Å²) >= 11 is 5.98. The van der Waals surface area contributed by atoms with Crippen LogP contribution in [0.15, 0.2) is 18.2 Å². The van der Waals surface area contributed by atoms with Crippen molar-refractivity contribution in [2.24, 2.45) is 5.73 Å². The van der Waals surface area contributed by atoms with Crippen LogP contribution >= 0.6 is 11.6 Å². The number of unbranched alkanes of at least 4 members (excludes halogenated alkanes) is 1. The summed E-state index contributed by atoms with van der Waals surface area (Å²) in [5, 5.41) is 0.790. The van der Waals surface area contributed by atoms with E-state index >= 15 is 0 Å². The molecule has 0 saturated carbocycles. The Morgan fingerprint density at radius 3 is 2.65 bits per heavy atom. The summed E-state index contributed by atoms with van der Waals surface area (Å²) in [7, 11) is 2.14. The van der Waals surface area contributed by atoms with Gasteiger partial charge in [-0.05, 0) is 50.2 Å². The second kappa shape index (κ2) is 7.00. The smallest absolute Gasteiger partial charge is 0.0470 e. The van der Waals surface area contributed by atoms with E-state index in [2.05, 4.69) is 31.9 Å². The van der Waals surface area contributed by atoms with E-state index < -0.39 is 0 Å². The first-order chi connectivity index (χ1) is 8.10. The predicted molar refractivity (Wildman–Crippen MR) is 75.5 cm³/mol. The Kier molecular flexibility index (Phi) is 5.96. The highest BCUT2D eigenvalue weighted by Crippen LogP contribution is 2.24. The molecule has 0 spiro atoms. The van der Waals surface area contributed by atoms with E-state index in [0.29, 0.717) is 12.6 Å². The molecule has 17 heavy (non-hydrogen) atoms. The first kappa shape index (κ1) is 14.5. The molecular formula is C14H23ClN2. The Morgan fingerprint density at radius 1 is 1.41 bits per heavy atom. The zero-order valence-electron chi connectivity index (χ0n) is 11.0. The number of hydrogen-bond donors (Lipinski definition) is 1. The third kappa shape index (κ3) is 3.98. The van der Waals surface area contributed by atoms with Crippen LogP contribution in [-0.2, 0) is 0 Å². The van der Waals surface area contributed by atoms with Gasteiger partial charge in [0.25, 0.3) is 0 Å². The molecule has 1 aromatic rings. The normalized spacial score (nSPS) is 13.1. The topological polar surface area (TPSA) is 29.3 Å². The van der Waals surface area contributed by atoms with Crippen molar-refractivity contribution in [3.63, 3.8) is 0 Å². The Morgan fingerprint density at radius 2 is 2.12 bits per heavy atom. The standard InChI is InChI=1S/C14H23ClN2/c1-4-5-8-17(3)14(10-16)13-7-6-12(15)9-11(13)2/h6-7,9,14H,4-5,8,10,16H2,1-3H3. The minimum Gasteiger partial charge on any atom is -0.329 e. The summed E-state index contributed by atoms with van der Waals surface area (Å²) in [4.78, 5) is 2.33. The first-order valence-electron chi connectivity index (χ1n) is 6.26. The van der Waals surface area contributed by atoms with E-state index in [1.54, 1.807) is 0 Å². The summed E-state index contributed by atoms with van der Waals surface area (Å²) in [6, 6.07) is 6.34. The van der Waals surface area contributed by atoms with Gasteiger partial charge >= 0.3 is 0 Å². The Hall–Kier alpha value is -0.570. The molecule has 1 rings (SSSR count). The lowest BCUT2D eigenvalue weighted by molar-refractivity contribution is 0.246. The van der Waals surface area contributed by atoms with Gasteiger partial charge in [0.1, 0.15) is 0 Å². The van der Waals surface area contributed by atoms with Gasteiger partial charge < -0.3 is 5.73 Å². The molecule has 1 aromatic carbocycles. The summed E-state index contributed by atoms with van der Waals surface area (Å²) in [6.07, 6.45) is 2.42. The van der Waals surface area contributed by atoms with Gasteiger partial charge in [-0.15, -0.1) is 0 Å². The van der Waals surface area contributed by atoms with Gasteiger partial charge in [-0.3, -0.25) is 4.90 Å². The second-order valence-corrected chi connectivity index (χ2v) is 5.02. The average molecular weight is 255 g/mol. The van der Waals surface area contributed by atoms with E-state index in [0.717, 1.165) is 11.6 Å². The number of nitrogens with zero attached hydrogens (tertiary/aromatic N) is 1. The highest BCUT2D eigenvalue weighted by atomic mass is 35.5. The van der Waals surface area contributed by atoms with Crippen molar-refractivity contribution in [2.45, 2.75) is 32.7 Å². The molecule has 2 nitrogen and oxygen atoms in total. The molecule has 0 saturated heterocycles. The zero-order chi connectivity index (χ0) is 12.8. The SMILES string of the molecule is CCCCN(C)C(CN)c1ccc(Cl)cc1C. The van der Waals surface area contributed by atoms with Gasteiger partial charge in [-0.1, -0.05) is 31.0 Å². The van der Waals surface area contributed by atoms with Gasteiger partial charge in [0, 0.05) is 17.6 Å². The summed E-state index contributed by atoms with van der Waals surface area (Å²) in [6.45, 7) is 6.03. The number of hydrogen-bond acceptors (Lipinski definition) is 2. The van der Waals surface area contributed by atoms with Gasteiger partial charge in [-0.2, -0.15) is 0 Å². The molecule has 0 amide bonds. The van der Waals surface area contributed by atoms with Crippen LogP contribution in [0, 0.1) is 6.92 Å². The van der Waals surface area contributed by atoms with Gasteiger partial charge in [0.2, 0.25) is 0 Å². The minimum absolute atomic E-state index is 0.291. The number of halogens is 1. The number of benzene rings is 1. The molecule has 0 aromatic heterocycles. The zero-order valence-corrected chi connectivity index (χ0v) is 11.8. The van der Waals surface area contributed by atoms with Crippen LogP contribution in [0.25, 0.3) is 0 Å². The largest absolute Gasteiger partial charge is 0.329 e. The van der Waals surface area contributed by atoms with E-state index in [4.69, 9.17) is 17.3 Å². The van der Waals surface area contributed by atoms with Crippen LogP contribution in [0.5, 0.6) is 0 Å². The van der Waals surface area contributed by atoms with E-state index in [-0.39, 0.29) is 0 Å². The number of nitrogens with two attached hydrogens (primary N) is 1. The fraction of sp³-hybridized carbons (Fsp3) is 0.571. The van der Waals surface area contributed by atoms with Crippen molar-refractivity contribution in [1.29, 1.82) is 0 Å². The average Bonchev–Trinajstić information content (AvgIpc) is 2.30. The van der Waals surface area contributed by atoms with E-state index in [1.165, 1.54) is 24.0 Å². The van der Waals surface area contributed by atoms with Gasteiger partial charge in [0.05, 0.1) is 0 Å². The van der Waals surface area contributed by atoms with Crippen molar-refractivity contribution in [1.82, 2.24) is 4.90 Å². The Balaban J connectivity index is 2.85. The van der Waals surface area contributed by atoms with E-state index in [1.807, 2.05) is 12.1 Å². The Labute approximate surface area is 110 Å². The monoisotopic (exact) mass is 254 g/mol. The molecule has 2 N–H and O–H groups in total. The highest BCUT2D eigenvalue weighted by Gasteiger charge is 2.16. The maximum atomic E-state index is 5.98. The highest BCUT2D eigenvalue weighted by molar-refractivity contribution is 6.30. The van der Waals surface area contributed by atoms with Crippen LogP contribution in [0.2, 0.25) is 5.02 Å². The van der Waals surface area contributed by atoms with Crippen molar-refractivity contribution >= 4 is 11.6 Å². The molecule has 1 unspecified atom stereocenters. The van der Waals surface area contributed by atoms with Crippen LogP contribution in [-0.4, -0.2) is 25.0 Å². The van der Waals surface area contributed by atoms with Crippen molar-refractivity contribution in [3.05, 3.63) is 34.3 Å². The molecule has 0 radical (unpaired) electrons. The molecule has 0 bridgehead atoms.